The van der Waals surface area contributed by atoms with E-state index in [0.29, 0.717) is 6.42 Å². The van der Waals surface area contributed by atoms with Crippen molar-refractivity contribution in [3.63, 3.8) is 0 Å². The zero-order valence-corrected chi connectivity index (χ0v) is 8.29. The second-order valence-corrected chi connectivity index (χ2v) is 2.85. The summed E-state index contributed by atoms with van der Waals surface area (Å²) in [6.45, 7) is 2.25. The van der Waals surface area contributed by atoms with Crippen LogP contribution in [0.1, 0.15) is 19.8 Å². The molecule has 5 N–H and O–H groups in total. The zero-order valence-electron chi connectivity index (χ0n) is 8.29. The summed E-state index contributed by atoms with van der Waals surface area (Å²) in [5.41, 5.74) is 10.2. The fraction of sp³-hybridized carbons (Fsp3) is 0.750. The molecule has 0 saturated carbocycles. The predicted octanol–water partition coefficient (Wildman–Crippen LogP) is -0.675. The third kappa shape index (κ3) is 6.24. The molecule has 0 rings (SSSR count). The van der Waals surface area contributed by atoms with Crippen LogP contribution in [0.2, 0.25) is 0 Å². The predicted molar refractivity (Wildman–Crippen MR) is 51.4 cm³/mol. The second kappa shape index (κ2) is 7.14. The Labute approximate surface area is 83.0 Å². The van der Waals surface area contributed by atoms with E-state index >= 15 is 0 Å². The largest absolute Gasteiger partial charge is 0.448 e. The van der Waals surface area contributed by atoms with Crippen LogP contribution >= 0.6 is 0 Å². The summed E-state index contributed by atoms with van der Waals surface area (Å²) in [6, 6.07) is -0.492. The van der Waals surface area contributed by atoms with Crippen LogP contribution in [-0.2, 0) is 9.53 Å². The molecule has 1 unspecified atom stereocenters. The fourth-order valence-corrected chi connectivity index (χ4v) is 0.899. The van der Waals surface area contributed by atoms with Crippen LogP contribution in [0, 0.1) is 0 Å². The summed E-state index contributed by atoms with van der Waals surface area (Å²) >= 11 is 0. The molecule has 0 radical (unpaired) electrons. The van der Waals surface area contributed by atoms with E-state index in [0.717, 1.165) is 6.42 Å². The van der Waals surface area contributed by atoms with E-state index in [-0.39, 0.29) is 19.1 Å². The monoisotopic (exact) mass is 203 g/mol. The maximum Gasteiger partial charge on any atom is 0.404 e. The number of rotatable bonds is 6. The number of nitrogens with two attached hydrogens (primary N) is 2. The Morgan fingerprint density at radius 3 is 2.64 bits per heavy atom. The number of hydrogen-bond donors (Lipinski definition) is 3. The smallest absolute Gasteiger partial charge is 0.404 e. The molecule has 0 bridgehead atoms. The molecular weight excluding hydrogens is 186 g/mol. The highest BCUT2D eigenvalue weighted by molar-refractivity contribution is 5.81. The van der Waals surface area contributed by atoms with Gasteiger partial charge in [-0.1, -0.05) is 13.3 Å². The van der Waals surface area contributed by atoms with Crippen LogP contribution in [-0.4, -0.2) is 31.2 Å². The second-order valence-electron chi connectivity index (χ2n) is 2.85. The number of primary amides is 1. The Bertz CT molecular complexity index is 196. The van der Waals surface area contributed by atoms with E-state index in [4.69, 9.17) is 11.5 Å². The maximum absolute atomic E-state index is 11.2. The zero-order chi connectivity index (χ0) is 11.0. The minimum absolute atomic E-state index is 0.0694. The summed E-state index contributed by atoms with van der Waals surface area (Å²) in [5, 5.41) is 2.53. The van der Waals surface area contributed by atoms with E-state index in [2.05, 4.69) is 10.1 Å². The Morgan fingerprint density at radius 2 is 2.14 bits per heavy atom. The van der Waals surface area contributed by atoms with Gasteiger partial charge in [-0.3, -0.25) is 4.79 Å². The van der Waals surface area contributed by atoms with Crippen LogP contribution in [0.25, 0.3) is 0 Å². The first kappa shape index (κ1) is 12.7. The average Bonchev–Trinajstić information content (AvgIpc) is 2.12. The minimum Gasteiger partial charge on any atom is -0.448 e. The molecular formula is C8H17N3O3. The van der Waals surface area contributed by atoms with Crippen molar-refractivity contribution in [2.45, 2.75) is 25.8 Å². The molecule has 82 valence electrons. The van der Waals surface area contributed by atoms with Crippen LogP contribution in [0.5, 0.6) is 0 Å². The number of hydrogen-bond acceptors (Lipinski definition) is 4. The molecule has 0 aromatic rings. The van der Waals surface area contributed by atoms with Gasteiger partial charge in [0.1, 0.15) is 6.61 Å². The maximum atomic E-state index is 11.2. The molecule has 0 aliphatic heterocycles. The van der Waals surface area contributed by atoms with Gasteiger partial charge in [-0.15, -0.1) is 0 Å². The molecule has 14 heavy (non-hydrogen) atoms. The van der Waals surface area contributed by atoms with Gasteiger partial charge in [0.25, 0.3) is 0 Å². The van der Waals surface area contributed by atoms with Crippen molar-refractivity contribution >= 4 is 12.0 Å². The number of amides is 2. The van der Waals surface area contributed by atoms with Gasteiger partial charge in [0.15, 0.2) is 0 Å². The molecule has 6 nitrogen and oxygen atoms in total. The van der Waals surface area contributed by atoms with Gasteiger partial charge < -0.3 is 21.5 Å². The quantitative estimate of drug-likeness (QED) is 0.497. The van der Waals surface area contributed by atoms with Crippen molar-refractivity contribution in [3.05, 3.63) is 0 Å². The van der Waals surface area contributed by atoms with Crippen LogP contribution in [0.15, 0.2) is 0 Å². The van der Waals surface area contributed by atoms with Crippen molar-refractivity contribution < 1.29 is 14.3 Å². The van der Waals surface area contributed by atoms with Gasteiger partial charge in [0, 0.05) is 0 Å². The molecule has 0 aromatic heterocycles. The molecule has 0 fully saturated rings. The highest BCUT2D eigenvalue weighted by Crippen LogP contribution is 1.92. The van der Waals surface area contributed by atoms with E-state index in [1.54, 1.807) is 0 Å². The highest BCUT2D eigenvalue weighted by atomic mass is 16.5. The number of nitrogens with one attached hydrogen (secondary N) is 1. The number of carbonyl (C=O) groups excluding carboxylic acids is 2. The summed E-state index contributed by atoms with van der Waals surface area (Å²) < 4.78 is 4.42. The van der Waals surface area contributed by atoms with Gasteiger partial charge >= 0.3 is 6.09 Å². The normalized spacial score (nSPS) is 11.9. The first-order valence-electron chi connectivity index (χ1n) is 4.53. The SMILES string of the molecule is CCCC(N)C(=O)NCCOC(N)=O. The highest BCUT2D eigenvalue weighted by Gasteiger charge is 2.10. The lowest BCUT2D eigenvalue weighted by Crippen LogP contribution is -2.41. The topological polar surface area (TPSA) is 107 Å². The summed E-state index contributed by atoms with van der Waals surface area (Å²) in [7, 11) is 0. The van der Waals surface area contributed by atoms with Crippen LogP contribution in [0.3, 0.4) is 0 Å². The molecule has 0 spiro atoms. The van der Waals surface area contributed by atoms with Crippen LogP contribution < -0.4 is 16.8 Å². The first-order chi connectivity index (χ1) is 6.57. The molecule has 0 aliphatic carbocycles. The van der Waals surface area contributed by atoms with E-state index in [9.17, 15) is 9.59 Å². The summed E-state index contributed by atoms with van der Waals surface area (Å²) in [4.78, 5) is 21.3. The third-order valence-electron chi connectivity index (χ3n) is 1.58. The lowest BCUT2D eigenvalue weighted by atomic mass is 10.2. The van der Waals surface area contributed by atoms with Crippen molar-refractivity contribution in [1.29, 1.82) is 0 Å². The first-order valence-corrected chi connectivity index (χ1v) is 4.53. The molecule has 0 aliphatic rings. The Hall–Kier alpha value is -1.30. The van der Waals surface area contributed by atoms with E-state index in [1.165, 1.54) is 0 Å². The van der Waals surface area contributed by atoms with E-state index < -0.39 is 12.1 Å². The van der Waals surface area contributed by atoms with Gasteiger partial charge in [0.2, 0.25) is 5.91 Å². The van der Waals surface area contributed by atoms with Gasteiger partial charge in [0.05, 0.1) is 12.6 Å². The van der Waals surface area contributed by atoms with Crippen molar-refractivity contribution in [3.8, 4) is 0 Å². The van der Waals surface area contributed by atoms with E-state index in [1.807, 2.05) is 6.92 Å². The minimum atomic E-state index is -0.850. The number of carbonyl (C=O) groups is 2. The Kier molecular flexibility index (Phi) is 6.47. The summed E-state index contributed by atoms with van der Waals surface area (Å²) in [5.74, 6) is -0.236. The third-order valence-corrected chi connectivity index (χ3v) is 1.58. The van der Waals surface area contributed by atoms with Crippen molar-refractivity contribution in [2.24, 2.45) is 11.5 Å². The van der Waals surface area contributed by atoms with Crippen molar-refractivity contribution in [2.75, 3.05) is 13.2 Å². The molecule has 0 heterocycles. The lowest BCUT2D eigenvalue weighted by molar-refractivity contribution is -0.122. The van der Waals surface area contributed by atoms with Gasteiger partial charge in [-0.05, 0) is 6.42 Å². The molecule has 0 aromatic carbocycles. The summed E-state index contributed by atoms with van der Waals surface area (Å²) in [6.07, 6.45) is 0.645. The van der Waals surface area contributed by atoms with Crippen molar-refractivity contribution in [1.82, 2.24) is 5.32 Å². The molecule has 1 atom stereocenters. The number of ether oxygens (including phenoxy) is 1. The standard InChI is InChI=1S/C8H17N3O3/c1-2-3-6(9)7(12)11-4-5-14-8(10)13/h6H,2-5,9H2,1H3,(H2,10,13)(H,11,12). The Morgan fingerprint density at radius 1 is 1.50 bits per heavy atom. The fourth-order valence-electron chi connectivity index (χ4n) is 0.899. The average molecular weight is 203 g/mol. The van der Waals surface area contributed by atoms with Crippen LogP contribution in [0.4, 0.5) is 4.79 Å². The Balaban J connectivity index is 3.48. The van der Waals surface area contributed by atoms with Gasteiger partial charge in [-0.2, -0.15) is 0 Å². The molecule has 2 amide bonds. The molecule has 6 heteroatoms. The molecule has 0 saturated heterocycles. The van der Waals surface area contributed by atoms with Gasteiger partial charge in [-0.25, -0.2) is 4.79 Å². The lowest BCUT2D eigenvalue weighted by Gasteiger charge is -2.10.